The van der Waals surface area contributed by atoms with Crippen LogP contribution in [0.15, 0.2) is 0 Å². The van der Waals surface area contributed by atoms with Gasteiger partial charge in [0, 0.05) is 0 Å². The van der Waals surface area contributed by atoms with Crippen molar-refractivity contribution < 1.29 is 19.8 Å². The van der Waals surface area contributed by atoms with Crippen molar-refractivity contribution in [1.82, 2.24) is 0 Å². The van der Waals surface area contributed by atoms with Gasteiger partial charge in [0.05, 0.1) is 11.8 Å². The maximum Gasteiger partial charge on any atom is 0.307 e. The summed E-state index contributed by atoms with van der Waals surface area (Å²) in [6.45, 7) is 0. The molecule has 0 aromatic rings. The lowest BCUT2D eigenvalue weighted by Crippen LogP contribution is -2.32. The standard InChI is InChI=1S/C8H12O4/c9-7(10)5-3-1-2-4-6(5)8(11)12/h5-6H,1-4H2,(H,9,10)(H,11,12)/t5-,6+. The summed E-state index contributed by atoms with van der Waals surface area (Å²) in [5, 5.41) is 17.4. The second-order valence-corrected chi connectivity index (χ2v) is 3.17. The summed E-state index contributed by atoms with van der Waals surface area (Å²) in [5.74, 6) is -3.28. The average Bonchev–Trinajstić information content (AvgIpc) is 2.04. The summed E-state index contributed by atoms with van der Waals surface area (Å²) in [6, 6.07) is 0. The molecule has 0 saturated heterocycles. The minimum atomic E-state index is -0.970. The lowest BCUT2D eigenvalue weighted by Gasteiger charge is -2.24. The molecule has 68 valence electrons. The van der Waals surface area contributed by atoms with Gasteiger partial charge in [-0.25, -0.2) is 0 Å². The Kier molecular flexibility index (Phi) is 2.68. The van der Waals surface area contributed by atoms with Gasteiger partial charge in [0.1, 0.15) is 0 Å². The van der Waals surface area contributed by atoms with Crippen LogP contribution in [0.2, 0.25) is 0 Å². The summed E-state index contributed by atoms with van der Waals surface area (Å²) in [7, 11) is 0. The highest BCUT2D eigenvalue weighted by molar-refractivity contribution is 5.80. The molecule has 1 aliphatic rings. The number of aliphatic carboxylic acids is 2. The predicted octanol–water partition coefficient (Wildman–Crippen LogP) is 0.962. The largest absolute Gasteiger partial charge is 0.481 e. The van der Waals surface area contributed by atoms with E-state index in [-0.39, 0.29) is 0 Å². The Balaban J connectivity index is 2.67. The van der Waals surface area contributed by atoms with Crippen molar-refractivity contribution in [3.63, 3.8) is 0 Å². The van der Waals surface area contributed by atoms with E-state index in [1.807, 2.05) is 0 Å². The summed E-state index contributed by atoms with van der Waals surface area (Å²) >= 11 is 0. The van der Waals surface area contributed by atoms with E-state index in [1.54, 1.807) is 0 Å². The first-order chi connectivity index (χ1) is 5.63. The third-order valence-corrected chi connectivity index (χ3v) is 2.40. The molecule has 0 heterocycles. The molecule has 0 unspecified atom stereocenters. The number of carbonyl (C=O) groups is 2. The van der Waals surface area contributed by atoms with E-state index < -0.39 is 23.8 Å². The summed E-state index contributed by atoms with van der Waals surface area (Å²) in [4.78, 5) is 21.2. The van der Waals surface area contributed by atoms with Gasteiger partial charge in [-0.3, -0.25) is 9.59 Å². The first-order valence-electron chi connectivity index (χ1n) is 4.08. The molecule has 0 aromatic heterocycles. The zero-order valence-electron chi connectivity index (χ0n) is 6.69. The molecule has 4 heteroatoms. The fraction of sp³-hybridized carbons (Fsp3) is 0.750. The third-order valence-electron chi connectivity index (χ3n) is 2.40. The highest BCUT2D eigenvalue weighted by Gasteiger charge is 2.35. The zero-order valence-corrected chi connectivity index (χ0v) is 6.69. The van der Waals surface area contributed by atoms with Crippen LogP contribution >= 0.6 is 0 Å². The van der Waals surface area contributed by atoms with Crippen LogP contribution in [0.5, 0.6) is 0 Å². The zero-order chi connectivity index (χ0) is 9.14. The second kappa shape index (κ2) is 3.56. The minimum Gasteiger partial charge on any atom is -0.481 e. The molecule has 1 aliphatic carbocycles. The Morgan fingerprint density at radius 1 is 0.917 bits per heavy atom. The molecule has 1 rings (SSSR count). The van der Waals surface area contributed by atoms with Gasteiger partial charge < -0.3 is 10.2 Å². The topological polar surface area (TPSA) is 74.6 Å². The molecule has 0 amide bonds. The van der Waals surface area contributed by atoms with Gasteiger partial charge in [0.25, 0.3) is 0 Å². The van der Waals surface area contributed by atoms with Crippen LogP contribution in [-0.4, -0.2) is 22.2 Å². The quantitative estimate of drug-likeness (QED) is 0.650. The predicted molar refractivity (Wildman–Crippen MR) is 40.7 cm³/mol. The summed E-state index contributed by atoms with van der Waals surface area (Å²) < 4.78 is 0. The van der Waals surface area contributed by atoms with Gasteiger partial charge in [-0.15, -0.1) is 0 Å². The fourth-order valence-corrected chi connectivity index (χ4v) is 1.72. The van der Waals surface area contributed by atoms with Crippen molar-refractivity contribution >= 4 is 11.9 Å². The van der Waals surface area contributed by atoms with Crippen molar-refractivity contribution in [2.75, 3.05) is 0 Å². The molecule has 4 nitrogen and oxygen atoms in total. The molecule has 0 aliphatic heterocycles. The maximum atomic E-state index is 10.6. The Labute approximate surface area is 70.2 Å². The molecule has 12 heavy (non-hydrogen) atoms. The highest BCUT2D eigenvalue weighted by Crippen LogP contribution is 2.30. The molecular weight excluding hydrogens is 160 g/mol. The maximum absolute atomic E-state index is 10.6. The van der Waals surface area contributed by atoms with Gasteiger partial charge in [-0.2, -0.15) is 0 Å². The van der Waals surface area contributed by atoms with Crippen molar-refractivity contribution in [3.8, 4) is 0 Å². The van der Waals surface area contributed by atoms with Crippen molar-refractivity contribution in [3.05, 3.63) is 0 Å². The first-order valence-corrected chi connectivity index (χ1v) is 4.08. The molecule has 2 atom stereocenters. The van der Waals surface area contributed by atoms with E-state index in [4.69, 9.17) is 10.2 Å². The van der Waals surface area contributed by atoms with E-state index in [2.05, 4.69) is 0 Å². The number of carboxylic acids is 2. The number of rotatable bonds is 2. The Morgan fingerprint density at radius 3 is 1.50 bits per heavy atom. The van der Waals surface area contributed by atoms with Crippen molar-refractivity contribution in [2.45, 2.75) is 25.7 Å². The van der Waals surface area contributed by atoms with Gasteiger partial charge in [-0.05, 0) is 12.8 Å². The second-order valence-electron chi connectivity index (χ2n) is 3.17. The van der Waals surface area contributed by atoms with Crippen LogP contribution in [-0.2, 0) is 9.59 Å². The van der Waals surface area contributed by atoms with Gasteiger partial charge in [-0.1, -0.05) is 12.8 Å². The summed E-state index contributed by atoms with van der Waals surface area (Å²) in [6.07, 6.45) is 2.68. The third kappa shape index (κ3) is 1.75. The van der Waals surface area contributed by atoms with E-state index >= 15 is 0 Å². The van der Waals surface area contributed by atoms with Crippen LogP contribution < -0.4 is 0 Å². The van der Waals surface area contributed by atoms with Gasteiger partial charge >= 0.3 is 11.9 Å². The number of hydrogen-bond donors (Lipinski definition) is 2. The molecule has 0 aromatic carbocycles. The minimum absolute atomic E-state index is 0.506. The SMILES string of the molecule is O=C(O)[C@H]1CCCC[C@H]1C(=O)O. The fourth-order valence-electron chi connectivity index (χ4n) is 1.72. The van der Waals surface area contributed by atoms with E-state index in [0.29, 0.717) is 12.8 Å². The van der Waals surface area contributed by atoms with Crippen molar-refractivity contribution in [1.29, 1.82) is 0 Å². The Bertz CT molecular complexity index is 177. The lowest BCUT2D eigenvalue weighted by molar-refractivity contribution is -0.155. The first kappa shape index (κ1) is 9.03. The normalized spacial score (nSPS) is 29.7. The van der Waals surface area contributed by atoms with Crippen molar-refractivity contribution in [2.24, 2.45) is 11.8 Å². The molecular formula is C8H12O4. The molecule has 0 spiro atoms. The van der Waals surface area contributed by atoms with Crippen LogP contribution in [0.25, 0.3) is 0 Å². The van der Waals surface area contributed by atoms with E-state index in [0.717, 1.165) is 12.8 Å². The Morgan fingerprint density at radius 2 is 1.25 bits per heavy atom. The van der Waals surface area contributed by atoms with Gasteiger partial charge in [0.2, 0.25) is 0 Å². The van der Waals surface area contributed by atoms with Crippen LogP contribution in [0.3, 0.4) is 0 Å². The average molecular weight is 172 g/mol. The Hall–Kier alpha value is -1.06. The van der Waals surface area contributed by atoms with E-state index in [1.165, 1.54) is 0 Å². The van der Waals surface area contributed by atoms with Crippen LogP contribution in [0.4, 0.5) is 0 Å². The number of hydrogen-bond acceptors (Lipinski definition) is 2. The molecule has 1 saturated carbocycles. The van der Waals surface area contributed by atoms with Crippen LogP contribution in [0, 0.1) is 11.8 Å². The molecule has 0 radical (unpaired) electrons. The lowest BCUT2D eigenvalue weighted by atomic mass is 9.79. The highest BCUT2D eigenvalue weighted by atomic mass is 16.4. The smallest absolute Gasteiger partial charge is 0.307 e. The molecule has 1 fully saturated rings. The van der Waals surface area contributed by atoms with E-state index in [9.17, 15) is 9.59 Å². The molecule has 2 N–H and O–H groups in total. The molecule has 0 bridgehead atoms. The number of carboxylic acid groups (broad SMARTS) is 2. The summed E-state index contributed by atoms with van der Waals surface area (Å²) in [5.41, 5.74) is 0. The van der Waals surface area contributed by atoms with Gasteiger partial charge in [0.15, 0.2) is 0 Å². The monoisotopic (exact) mass is 172 g/mol. The van der Waals surface area contributed by atoms with Crippen LogP contribution in [0.1, 0.15) is 25.7 Å².